The summed E-state index contributed by atoms with van der Waals surface area (Å²) >= 11 is 0. The Bertz CT molecular complexity index is 1030. The average molecular weight is 517 g/mol. The number of nitrogens with two attached hydrogens (primary N) is 1. The van der Waals surface area contributed by atoms with E-state index in [1.54, 1.807) is 6.92 Å². The molecule has 2 heterocycles. The summed E-state index contributed by atoms with van der Waals surface area (Å²) in [6.07, 6.45) is 4.56. The van der Waals surface area contributed by atoms with E-state index in [4.69, 9.17) is 26.7 Å². The minimum Gasteiger partial charge on any atom is -0.383 e. The van der Waals surface area contributed by atoms with Gasteiger partial charge in [0.15, 0.2) is 11.8 Å². The largest absolute Gasteiger partial charge is 0.490 e. The minimum atomic E-state index is -5.68. The molecule has 2 rings (SSSR count). The fourth-order valence-corrected chi connectivity index (χ4v) is 5.90. The number of rotatable bonds is 8. The lowest BCUT2D eigenvalue weighted by atomic mass is 9.86. The Kier molecular flexibility index (Phi) is 7.66. The third-order valence-corrected chi connectivity index (χ3v) is 8.32. The van der Waals surface area contributed by atoms with E-state index in [1.807, 2.05) is 0 Å². The summed E-state index contributed by atoms with van der Waals surface area (Å²) in [5.41, 5.74) is 4.28. The van der Waals surface area contributed by atoms with E-state index in [2.05, 4.69) is 30.6 Å². The van der Waals surface area contributed by atoms with Crippen LogP contribution in [0.4, 0.5) is 0 Å². The second kappa shape index (κ2) is 9.12. The molecule has 2 aliphatic heterocycles. The normalized spacial score (nSPS) is 32.5. The Balaban J connectivity index is 2.16. The van der Waals surface area contributed by atoms with E-state index in [-0.39, 0.29) is 11.7 Å². The van der Waals surface area contributed by atoms with Gasteiger partial charge in [-0.25, -0.2) is 18.7 Å². The molecular formula is C14H22N3O12P3. The number of phosphoric acid groups is 3. The molecule has 0 radical (unpaired) electrons. The van der Waals surface area contributed by atoms with Gasteiger partial charge in [-0.15, -0.1) is 6.42 Å². The highest BCUT2D eigenvalue weighted by atomic mass is 31.3. The van der Waals surface area contributed by atoms with Gasteiger partial charge in [-0.3, -0.25) is 4.52 Å². The number of aliphatic hydroxyl groups is 1. The number of terminal acetylenes is 1. The maximum absolute atomic E-state index is 11.9. The molecule has 2 aliphatic rings. The van der Waals surface area contributed by atoms with Crippen LogP contribution >= 0.6 is 23.5 Å². The highest BCUT2D eigenvalue weighted by Crippen LogP contribution is 2.66. The molecule has 7 N–H and O–H groups in total. The number of nitrogens with zero attached hydrogens (tertiary/aromatic N) is 2. The van der Waals surface area contributed by atoms with Crippen LogP contribution in [0.25, 0.3) is 0 Å². The molecule has 0 aromatic carbocycles. The molecule has 0 aliphatic carbocycles. The second-order valence-corrected chi connectivity index (χ2v) is 11.2. The number of amidine groups is 1. The van der Waals surface area contributed by atoms with Crippen LogP contribution in [0.1, 0.15) is 13.8 Å². The van der Waals surface area contributed by atoms with Crippen LogP contribution in [0.2, 0.25) is 0 Å². The van der Waals surface area contributed by atoms with Gasteiger partial charge in [0.25, 0.3) is 0 Å². The first-order valence-electron chi connectivity index (χ1n) is 8.55. The first-order chi connectivity index (χ1) is 14.4. The molecule has 18 heteroatoms. The topological polar surface area (TPSA) is 231 Å². The summed E-state index contributed by atoms with van der Waals surface area (Å²) in [4.78, 5) is 41.2. The van der Waals surface area contributed by atoms with Crippen molar-refractivity contribution in [2.24, 2.45) is 16.6 Å². The lowest BCUT2D eigenvalue weighted by Crippen LogP contribution is -2.50. The van der Waals surface area contributed by atoms with E-state index in [1.165, 1.54) is 18.0 Å². The van der Waals surface area contributed by atoms with Gasteiger partial charge in [0, 0.05) is 17.7 Å². The molecule has 32 heavy (non-hydrogen) atoms. The van der Waals surface area contributed by atoms with E-state index >= 15 is 0 Å². The molecule has 0 amide bonds. The van der Waals surface area contributed by atoms with Crippen molar-refractivity contribution >= 4 is 29.3 Å². The Morgan fingerprint density at radius 2 is 1.91 bits per heavy atom. The summed E-state index contributed by atoms with van der Waals surface area (Å²) in [5, 5.41) is 11.0. The maximum atomic E-state index is 11.9. The van der Waals surface area contributed by atoms with Crippen molar-refractivity contribution in [1.29, 1.82) is 0 Å². The minimum absolute atomic E-state index is 0.0903. The zero-order valence-corrected chi connectivity index (χ0v) is 19.4. The van der Waals surface area contributed by atoms with Gasteiger partial charge >= 0.3 is 23.5 Å². The summed E-state index contributed by atoms with van der Waals surface area (Å²) in [5.74, 6) is 1.56. The lowest BCUT2D eigenvalue weighted by molar-refractivity contribution is -0.0887. The summed E-state index contributed by atoms with van der Waals surface area (Å²) in [6, 6.07) is 0. The van der Waals surface area contributed by atoms with Crippen LogP contribution in [0.15, 0.2) is 29.2 Å². The maximum Gasteiger partial charge on any atom is 0.490 e. The van der Waals surface area contributed by atoms with Gasteiger partial charge in [0.2, 0.25) is 0 Å². The van der Waals surface area contributed by atoms with E-state index in [0.29, 0.717) is 5.57 Å². The quantitative estimate of drug-likeness (QED) is 0.185. The smallest absolute Gasteiger partial charge is 0.383 e. The van der Waals surface area contributed by atoms with E-state index in [0.717, 1.165) is 0 Å². The number of ether oxygens (including phenoxy) is 1. The van der Waals surface area contributed by atoms with Crippen LogP contribution < -0.4 is 5.73 Å². The number of hydrogen-bond acceptors (Lipinski definition) is 11. The van der Waals surface area contributed by atoms with E-state index < -0.39 is 53.9 Å². The molecule has 0 aromatic heterocycles. The van der Waals surface area contributed by atoms with Gasteiger partial charge in [-0.2, -0.15) is 8.62 Å². The first kappa shape index (κ1) is 26.9. The molecule has 0 saturated carbocycles. The molecule has 6 atom stereocenters. The van der Waals surface area contributed by atoms with Crippen LogP contribution in [0.3, 0.4) is 0 Å². The molecule has 0 spiro atoms. The van der Waals surface area contributed by atoms with Crippen molar-refractivity contribution in [2.75, 3.05) is 6.61 Å². The number of hydrogen-bond donors (Lipinski definition) is 6. The molecule has 1 fully saturated rings. The molecule has 15 nitrogen and oxygen atoms in total. The van der Waals surface area contributed by atoms with Crippen molar-refractivity contribution < 1.29 is 56.3 Å². The molecule has 1 saturated heterocycles. The van der Waals surface area contributed by atoms with Crippen LogP contribution in [0.5, 0.6) is 0 Å². The third-order valence-electron chi connectivity index (χ3n) is 4.52. The van der Waals surface area contributed by atoms with Crippen LogP contribution in [-0.4, -0.2) is 60.0 Å². The van der Waals surface area contributed by atoms with Crippen molar-refractivity contribution in [3.8, 4) is 12.3 Å². The molecule has 0 bridgehead atoms. The average Bonchev–Trinajstić information content (AvgIpc) is 2.85. The molecule has 180 valence electrons. The highest BCUT2D eigenvalue weighted by Gasteiger charge is 2.56. The summed E-state index contributed by atoms with van der Waals surface area (Å²) in [6.45, 7) is 6.01. The zero-order valence-electron chi connectivity index (χ0n) is 16.7. The van der Waals surface area contributed by atoms with Gasteiger partial charge in [-0.05, 0) is 6.92 Å². The van der Waals surface area contributed by atoms with Gasteiger partial charge in [0.1, 0.15) is 11.7 Å². The monoisotopic (exact) mass is 517 g/mol. The SMILES string of the molecule is C#CC1(O)[C@@H](C)[C@@H](COP(=O)(O)OP(=O)(O)OP(=O)(O)O)O[C@H]1N1C=C(C)C(N)=NC1=C. The second-order valence-electron chi connectivity index (χ2n) is 6.80. The van der Waals surface area contributed by atoms with Crippen LogP contribution in [0, 0.1) is 18.3 Å². The first-order valence-corrected chi connectivity index (χ1v) is 13.1. The zero-order chi connectivity index (χ0) is 24.7. The Labute approximate surface area is 182 Å². The third kappa shape index (κ3) is 6.15. The van der Waals surface area contributed by atoms with Crippen molar-refractivity contribution in [1.82, 2.24) is 4.90 Å². The fraction of sp³-hybridized carbons (Fsp3) is 0.500. The van der Waals surface area contributed by atoms with Gasteiger partial charge in [-0.1, -0.05) is 19.4 Å². The van der Waals surface area contributed by atoms with Gasteiger partial charge < -0.3 is 40.1 Å². The molecule has 3 unspecified atom stereocenters. The van der Waals surface area contributed by atoms with Crippen molar-refractivity contribution in [3.63, 3.8) is 0 Å². The van der Waals surface area contributed by atoms with Crippen LogP contribution in [-0.2, 0) is 31.6 Å². The van der Waals surface area contributed by atoms with Gasteiger partial charge in [0.05, 0.1) is 12.7 Å². The van der Waals surface area contributed by atoms with Crippen molar-refractivity contribution in [2.45, 2.75) is 31.8 Å². The predicted molar refractivity (Wildman–Crippen MR) is 108 cm³/mol. The predicted octanol–water partition coefficient (Wildman–Crippen LogP) is 0.103. The Morgan fingerprint density at radius 3 is 2.44 bits per heavy atom. The molecular weight excluding hydrogens is 495 g/mol. The lowest BCUT2D eigenvalue weighted by Gasteiger charge is -2.36. The Morgan fingerprint density at radius 1 is 1.31 bits per heavy atom. The standard InChI is InChI=1S/C14H22N3O12P3/c1-5-14(18)9(3)11(27-13(14)17-6-8(2)12(15)16-10(17)4)7-26-31(22,23)29-32(24,25)28-30(19,20)21/h1,6,9,11,13,18H,4,7H2,2-3H3,(H2,15,16)(H,22,23)(H,24,25)(H2,19,20,21)/t9-,11+,13+,14?/m0/s1. The number of phosphoric ester groups is 1. The fourth-order valence-electron chi connectivity index (χ4n) is 2.87. The molecule has 0 aromatic rings. The number of aliphatic imine (C=N–C) groups is 1. The summed E-state index contributed by atoms with van der Waals surface area (Å²) < 4.78 is 51.6. The van der Waals surface area contributed by atoms with Crippen molar-refractivity contribution in [3.05, 3.63) is 24.2 Å². The highest BCUT2D eigenvalue weighted by molar-refractivity contribution is 7.66. The van der Waals surface area contributed by atoms with E-state index in [9.17, 15) is 28.6 Å². The summed E-state index contributed by atoms with van der Waals surface area (Å²) in [7, 11) is -16.6. The Hall–Kier alpha value is -1.36.